The minimum absolute atomic E-state index is 0.876. The van der Waals surface area contributed by atoms with E-state index in [9.17, 15) is 0 Å². The van der Waals surface area contributed by atoms with Gasteiger partial charge < -0.3 is 4.98 Å². The van der Waals surface area contributed by atoms with Crippen molar-refractivity contribution < 1.29 is 0 Å². The molecule has 0 atom stereocenters. The van der Waals surface area contributed by atoms with E-state index in [1.807, 2.05) is 18.2 Å². The van der Waals surface area contributed by atoms with E-state index in [0.29, 0.717) is 0 Å². The van der Waals surface area contributed by atoms with Gasteiger partial charge in [0, 0.05) is 13.1 Å². The number of imidazole rings is 1. The smallest absolute Gasteiger partial charge is 0.121 e. The SMILES string of the molecule is C1=C(/C=C/c2ccccc2)CCN(Cc2nc3ccccc3[nH]2)C1. The minimum Gasteiger partial charge on any atom is -0.341 e. The Morgan fingerprint density at radius 3 is 2.62 bits per heavy atom. The van der Waals surface area contributed by atoms with Gasteiger partial charge in [0.1, 0.15) is 5.82 Å². The summed E-state index contributed by atoms with van der Waals surface area (Å²) in [7, 11) is 0. The largest absolute Gasteiger partial charge is 0.341 e. The van der Waals surface area contributed by atoms with E-state index in [1.54, 1.807) is 0 Å². The summed E-state index contributed by atoms with van der Waals surface area (Å²) in [4.78, 5) is 10.5. The first-order valence-corrected chi connectivity index (χ1v) is 8.45. The maximum atomic E-state index is 4.67. The van der Waals surface area contributed by atoms with Gasteiger partial charge in [-0.2, -0.15) is 0 Å². The molecule has 0 amide bonds. The van der Waals surface area contributed by atoms with Crippen LogP contribution >= 0.6 is 0 Å². The molecule has 2 aromatic carbocycles. The van der Waals surface area contributed by atoms with Gasteiger partial charge in [0.15, 0.2) is 0 Å². The highest BCUT2D eigenvalue weighted by Crippen LogP contribution is 2.17. The third kappa shape index (κ3) is 3.47. The summed E-state index contributed by atoms with van der Waals surface area (Å²) in [6.07, 6.45) is 7.85. The van der Waals surface area contributed by atoms with Crippen molar-refractivity contribution in [3.8, 4) is 0 Å². The van der Waals surface area contributed by atoms with Crippen molar-refractivity contribution in [2.45, 2.75) is 13.0 Å². The van der Waals surface area contributed by atoms with Gasteiger partial charge in [-0.25, -0.2) is 4.98 Å². The van der Waals surface area contributed by atoms with Crippen molar-refractivity contribution in [3.63, 3.8) is 0 Å². The fourth-order valence-electron chi connectivity index (χ4n) is 3.08. The van der Waals surface area contributed by atoms with E-state index in [0.717, 1.165) is 42.9 Å². The summed E-state index contributed by atoms with van der Waals surface area (Å²) in [5.41, 5.74) is 4.83. The van der Waals surface area contributed by atoms with Gasteiger partial charge >= 0.3 is 0 Å². The fourth-order valence-corrected chi connectivity index (χ4v) is 3.08. The summed E-state index contributed by atoms with van der Waals surface area (Å²) in [6, 6.07) is 18.7. The van der Waals surface area contributed by atoms with Crippen molar-refractivity contribution in [1.29, 1.82) is 0 Å². The molecular weight excluding hydrogens is 294 g/mol. The quantitative estimate of drug-likeness (QED) is 0.773. The number of hydrogen-bond donors (Lipinski definition) is 1. The first kappa shape index (κ1) is 14.9. The number of fused-ring (bicyclic) bond motifs is 1. The molecule has 0 bridgehead atoms. The summed E-state index contributed by atoms with van der Waals surface area (Å²) < 4.78 is 0. The van der Waals surface area contributed by atoms with Crippen LogP contribution in [0.4, 0.5) is 0 Å². The van der Waals surface area contributed by atoms with Crippen LogP contribution in [0.1, 0.15) is 17.8 Å². The molecule has 0 unspecified atom stereocenters. The van der Waals surface area contributed by atoms with Crippen LogP contribution in [0, 0.1) is 0 Å². The zero-order valence-electron chi connectivity index (χ0n) is 13.7. The zero-order chi connectivity index (χ0) is 16.2. The highest BCUT2D eigenvalue weighted by molar-refractivity contribution is 5.74. The molecule has 1 aliphatic rings. The van der Waals surface area contributed by atoms with Crippen LogP contribution in [0.25, 0.3) is 17.1 Å². The normalized spacial score (nSPS) is 15.9. The third-order valence-electron chi connectivity index (χ3n) is 4.43. The second-order valence-corrected chi connectivity index (χ2v) is 6.21. The highest BCUT2D eigenvalue weighted by atomic mass is 15.1. The van der Waals surface area contributed by atoms with Crippen molar-refractivity contribution in [3.05, 3.63) is 83.7 Å². The summed E-state index contributed by atoms with van der Waals surface area (Å²) in [5.74, 6) is 1.05. The van der Waals surface area contributed by atoms with Crippen LogP contribution in [-0.2, 0) is 6.54 Å². The van der Waals surface area contributed by atoms with Gasteiger partial charge in [-0.3, -0.25) is 4.90 Å². The van der Waals surface area contributed by atoms with Gasteiger partial charge in [-0.1, -0.05) is 60.7 Å². The number of allylic oxidation sites excluding steroid dienone is 1. The van der Waals surface area contributed by atoms with Crippen LogP contribution in [0.5, 0.6) is 0 Å². The predicted molar refractivity (Wildman–Crippen MR) is 99.5 cm³/mol. The molecule has 2 heterocycles. The average Bonchev–Trinajstić information content (AvgIpc) is 3.04. The summed E-state index contributed by atoms with van der Waals surface area (Å²) in [6.45, 7) is 2.92. The number of para-hydroxylation sites is 2. The molecule has 0 saturated carbocycles. The first-order valence-electron chi connectivity index (χ1n) is 8.45. The van der Waals surface area contributed by atoms with Gasteiger partial charge in [-0.15, -0.1) is 0 Å². The van der Waals surface area contributed by atoms with E-state index in [2.05, 4.69) is 69.5 Å². The highest BCUT2D eigenvalue weighted by Gasteiger charge is 2.12. The lowest BCUT2D eigenvalue weighted by Crippen LogP contribution is -2.28. The lowest BCUT2D eigenvalue weighted by atomic mass is 10.1. The topological polar surface area (TPSA) is 31.9 Å². The van der Waals surface area contributed by atoms with Crippen molar-refractivity contribution in [1.82, 2.24) is 14.9 Å². The second-order valence-electron chi connectivity index (χ2n) is 6.21. The Kier molecular flexibility index (Phi) is 4.26. The molecule has 3 aromatic rings. The zero-order valence-corrected chi connectivity index (χ0v) is 13.7. The molecule has 3 nitrogen and oxygen atoms in total. The lowest BCUT2D eigenvalue weighted by Gasteiger charge is -2.24. The molecule has 1 aliphatic heterocycles. The fraction of sp³-hybridized carbons (Fsp3) is 0.190. The lowest BCUT2D eigenvalue weighted by molar-refractivity contribution is 0.281. The number of H-pyrrole nitrogens is 1. The van der Waals surface area contributed by atoms with E-state index in [4.69, 9.17) is 0 Å². The first-order chi connectivity index (χ1) is 11.9. The van der Waals surface area contributed by atoms with Crippen LogP contribution in [0.2, 0.25) is 0 Å². The number of benzene rings is 2. The number of nitrogens with one attached hydrogen (secondary N) is 1. The van der Waals surface area contributed by atoms with E-state index < -0.39 is 0 Å². The number of nitrogens with zero attached hydrogens (tertiary/aromatic N) is 2. The Morgan fingerprint density at radius 1 is 1.00 bits per heavy atom. The number of aromatic nitrogens is 2. The summed E-state index contributed by atoms with van der Waals surface area (Å²) >= 11 is 0. The number of aromatic amines is 1. The third-order valence-corrected chi connectivity index (χ3v) is 4.43. The van der Waals surface area contributed by atoms with Crippen LogP contribution < -0.4 is 0 Å². The van der Waals surface area contributed by atoms with Crippen LogP contribution in [-0.4, -0.2) is 28.0 Å². The molecule has 0 fully saturated rings. The molecular formula is C21H21N3. The van der Waals surface area contributed by atoms with E-state index in [-0.39, 0.29) is 0 Å². The number of rotatable bonds is 4. The minimum atomic E-state index is 0.876. The molecule has 120 valence electrons. The second kappa shape index (κ2) is 6.85. The van der Waals surface area contributed by atoms with E-state index in [1.165, 1.54) is 11.1 Å². The van der Waals surface area contributed by atoms with Crippen LogP contribution in [0.15, 0.2) is 72.3 Å². The van der Waals surface area contributed by atoms with Gasteiger partial charge in [-0.05, 0) is 29.7 Å². The molecule has 1 N–H and O–H groups in total. The maximum absolute atomic E-state index is 4.67. The summed E-state index contributed by atoms with van der Waals surface area (Å²) in [5, 5.41) is 0. The van der Waals surface area contributed by atoms with Gasteiger partial charge in [0.25, 0.3) is 0 Å². The van der Waals surface area contributed by atoms with Gasteiger partial charge in [0.05, 0.1) is 17.6 Å². The maximum Gasteiger partial charge on any atom is 0.121 e. The Labute approximate surface area is 142 Å². The Morgan fingerprint density at radius 2 is 1.83 bits per heavy atom. The molecule has 24 heavy (non-hydrogen) atoms. The number of hydrogen-bond acceptors (Lipinski definition) is 2. The van der Waals surface area contributed by atoms with E-state index >= 15 is 0 Å². The Bertz CT molecular complexity index is 841. The molecule has 0 aliphatic carbocycles. The molecule has 4 rings (SSSR count). The average molecular weight is 315 g/mol. The Hall–Kier alpha value is -2.65. The van der Waals surface area contributed by atoms with Crippen LogP contribution in [0.3, 0.4) is 0 Å². The monoisotopic (exact) mass is 315 g/mol. The van der Waals surface area contributed by atoms with Crippen molar-refractivity contribution in [2.75, 3.05) is 13.1 Å². The molecule has 0 saturated heterocycles. The standard InChI is InChI=1S/C21H21N3/c1-2-6-17(7-3-1)10-11-18-12-14-24(15-13-18)16-21-22-19-8-4-5-9-20(19)23-21/h1-12H,13-16H2,(H,22,23)/b11-10+. The molecule has 0 spiro atoms. The molecule has 0 radical (unpaired) electrons. The van der Waals surface area contributed by atoms with Crippen molar-refractivity contribution >= 4 is 17.1 Å². The van der Waals surface area contributed by atoms with Gasteiger partial charge in [0.2, 0.25) is 0 Å². The van der Waals surface area contributed by atoms with Crippen molar-refractivity contribution in [2.24, 2.45) is 0 Å². The Balaban J connectivity index is 1.38. The predicted octanol–water partition coefficient (Wildman–Crippen LogP) is 4.41. The molecule has 1 aromatic heterocycles. The molecule has 3 heteroatoms.